The number of fused-ring (bicyclic) bond motifs is 1. The van der Waals surface area contributed by atoms with E-state index in [1.807, 2.05) is 25.8 Å². The number of para-hydroxylation sites is 1. The fourth-order valence-corrected chi connectivity index (χ4v) is 2.01. The number of nitrogens with zero attached hydrogens (tertiary/aromatic N) is 3. The van der Waals surface area contributed by atoms with Crippen molar-refractivity contribution in [3.8, 4) is 0 Å². The number of nitro benzene ring substituents is 1. The topological polar surface area (TPSA) is 98.4 Å². The summed E-state index contributed by atoms with van der Waals surface area (Å²) in [7, 11) is 1.83. The van der Waals surface area contributed by atoms with Gasteiger partial charge in [0.2, 0.25) is 0 Å². The second-order valence-corrected chi connectivity index (χ2v) is 5.60. The van der Waals surface area contributed by atoms with Gasteiger partial charge in [0.15, 0.2) is 11.1 Å². The Kier molecular flexibility index (Phi) is 3.63. The second kappa shape index (κ2) is 5.09. The fourth-order valence-electron chi connectivity index (χ4n) is 2.01. The first-order valence-corrected chi connectivity index (χ1v) is 6.29. The summed E-state index contributed by atoms with van der Waals surface area (Å²) in [5, 5.41) is 11.0. The minimum Gasteiger partial charge on any atom is -0.423 e. The Morgan fingerprint density at radius 1 is 1.50 bits per heavy atom. The van der Waals surface area contributed by atoms with E-state index in [0.29, 0.717) is 24.7 Å². The lowest BCUT2D eigenvalue weighted by atomic mass is 9.93. The molecule has 0 amide bonds. The number of hydrogen-bond donors (Lipinski definition) is 1. The third-order valence-electron chi connectivity index (χ3n) is 3.13. The van der Waals surface area contributed by atoms with Crippen LogP contribution in [0.2, 0.25) is 0 Å². The summed E-state index contributed by atoms with van der Waals surface area (Å²) in [4.78, 5) is 16.5. The first kappa shape index (κ1) is 14.3. The molecule has 2 rings (SSSR count). The predicted octanol–water partition coefficient (Wildman–Crippen LogP) is 2.16. The lowest BCUT2D eigenvalue weighted by Crippen LogP contribution is -2.36. The number of hydrogen-bond acceptors (Lipinski definition) is 6. The molecule has 0 aliphatic carbocycles. The van der Waals surface area contributed by atoms with E-state index < -0.39 is 4.92 Å². The molecule has 0 atom stereocenters. The van der Waals surface area contributed by atoms with Gasteiger partial charge in [0, 0.05) is 19.7 Å². The maximum atomic E-state index is 11.0. The quantitative estimate of drug-likeness (QED) is 0.664. The number of oxazole rings is 1. The molecular weight excluding hydrogens is 260 g/mol. The minimum absolute atomic E-state index is 0.0519. The van der Waals surface area contributed by atoms with Crippen molar-refractivity contribution in [3.05, 3.63) is 28.3 Å². The van der Waals surface area contributed by atoms with Crippen LogP contribution in [0.15, 0.2) is 22.6 Å². The molecule has 1 aromatic carbocycles. The molecule has 1 heterocycles. The van der Waals surface area contributed by atoms with Crippen LogP contribution < -0.4 is 10.6 Å². The zero-order valence-corrected chi connectivity index (χ0v) is 11.8. The Balaban J connectivity index is 2.37. The zero-order valence-electron chi connectivity index (χ0n) is 11.8. The van der Waals surface area contributed by atoms with Gasteiger partial charge in [-0.2, -0.15) is 4.98 Å². The van der Waals surface area contributed by atoms with Gasteiger partial charge in [-0.25, -0.2) is 0 Å². The van der Waals surface area contributed by atoms with E-state index in [2.05, 4.69) is 4.98 Å². The average molecular weight is 278 g/mol. The molecule has 2 N–H and O–H groups in total. The summed E-state index contributed by atoms with van der Waals surface area (Å²) >= 11 is 0. The summed E-state index contributed by atoms with van der Waals surface area (Å²) in [5.41, 5.74) is 6.23. The molecule has 0 spiro atoms. The summed E-state index contributed by atoms with van der Waals surface area (Å²) in [6.45, 7) is 5.24. The normalized spacial score (nSPS) is 11.8. The predicted molar refractivity (Wildman–Crippen MR) is 76.8 cm³/mol. The van der Waals surface area contributed by atoms with E-state index in [4.69, 9.17) is 10.2 Å². The first-order valence-electron chi connectivity index (χ1n) is 6.29. The Hall–Kier alpha value is -2.15. The van der Waals surface area contributed by atoms with Crippen molar-refractivity contribution in [2.75, 3.05) is 25.0 Å². The molecule has 0 fully saturated rings. The molecule has 108 valence electrons. The van der Waals surface area contributed by atoms with Gasteiger partial charge in [0.1, 0.15) is 0 Å². The van der Waals surface area contributed by atoms with Gasteiger partial charge in [0.05, 0.1) is 4.92 Å². The Morgan fingerprint density at radius 3 is 2.80 bits per heavy atom. The fraction of sp³-hybridized carbons (Fsp3) is 0.462. The molecular formula is C13H18N4O3. The SMILES string of the molecule is CN(CC(C)(C)CN)c1nc2c([N+](=O)[O-])cccc2o1. The van der Waals surface area contributed by atoms with Crippen LogP contribution in [0, 0.1) is 15.5 Å². The third-order valence-corrected chi connectivity index (χ3v) is 3.13. The van der Waals surface area contributed by atoms with Gasteiger partial charge < -0.3 is 15.1 Å². The number of nitro groups is 1. The number of benzene rings is 1. The van der Waals surface area contributed by atoms with Crippen molar-refractivity contribution in [3.63, 3.8) is 0 Å². The molecule has 2 aromatic rings. The molecule has 0 radical (unpaired) electrons. The summed E-state index contributed by atoms with van der Waals surface area (Å²) in [6.07, 6.45) is 0. The largest absolute Gasteiger partial charge is 0.423 e. The Morgan fingerprint density at radius 2 is 2.20 bits per heavy atom. The molecule has 0 unspecified atom stereocenters. The highest BCUT2D eigenvalue weighted by atomic mass is 16.6. The summed E-state index contributed by atoms with van der Waals surface area (Å²) < 4.78 is 5.58. The van der Waals surface area contributed by atoms with Crippen molar-refractivity contribution in [2.24, 2.45) is 11.1 Å². The molecule has 20 heavy (non-hydrogen) atoms. The zero-order chi connectivity index (χ0) is 14.9. The Bertz CT molecular complexity index is 636. The number of non-ortho nitro benzene ring substituents is 1. The first-order chi connectivity index (χ1) is 9.34. The maximum absolute atomic E-state index is 11.0. The summed E-state index contributed by atoms with van der Waals surface area (Å²) in [6, 6.07) is 5.02. The number of aromatic nitrogens is 1. The molecule has 7 nitrogen and oxygen atoms in total. The van der Waals surface area contributed by atoms with E-state index in [9.17, 15) is 10.1 Å². The molecule has 1 aromatic heterocycles. The molecule has 0 saturated carbocycles. The molecule has 0 bridgehead atoms. The van der Waals surface area contributed by atoms with Crippen molar-refractivity contribution in [1.82, 2.24) is 4.98 Å². The monoisotopic (exact) mass is 278 g/mol. The lowest BCUT2D eigenvalue weighted by Gasteiger charge is -2.27. The van der Waals surface area contributed by atoms with Crippen molar-refractivity contribution in [1.29, 1.82) is 0 Å². The van der Waals surface area contributed by atoms with Crippen LogP contribution in [0.25, 0.3) is 11.1 Å². The number of rotatable bonds is 5. The van der Waals surface area contributed by atoms with E-state index >= 15 is 0 Å². The van der Waals surface area contributed by atoms with Crippen molar-refractivity contribution in [2.45, 2.75) is 13.8 Å². The van der Waals surface area contributed by atoms with E-state index in [-0.39, 0.29) is 16.6 Å². The summed E-state index contributed by atoms with van der Waals surface area (Å²) in [5.74, 6) is 0. The van der Waals surface area contributed by atoms with Crippen molar-refractivity contribution < 1.29 is 9.34 Å². The standard InChI is InChI=1S/C13H18N4O3/c1-13(2,7-14)8-16(3)12-15-11-9(17(18)19)5-4-6-10(11)20-12/h4-6H,7-8,14H2,1-3H3. The molecule has 7 heteroatoms. The van der Waals surface area contributed by atoms with Crippen LogP contribution >= 0.6 is 0 Å². The van der Waals surface area contributed by atoms with Crippen LogP contribution in [0.4, 0.5) is 11.7 Å². The third kappa shape index (κ3) is 2.72. The van der Waals surface area contributed by atoms with Crippen LogP contribution in [-0.2, 0) is 0 Å². The highest BCUT2D eigenvalue weighted by Crippen LogP contribution is 2.29. The average Bonchev–Trinajstić information content (AvgIpc) is 2.81. The Labute approximate surface area is 116 Å². The highest BCUT2D eigenvalue weighted by molar-refractivity contribution is 5.84. The van der Waals surface area contributed by atoms with Crippen LogP contribution in [-0.4, -0.2) is 30.0 Å². The van der Waals surface area contributed by atoms with Gasteiger partial charge in [-0.15, -0.1) is 0 Å². The smallest absolute Gasteiger partial charge is 0.298 e. The van der Waals surface area contributed by atoms with Crippen molar-refractivity contribution >= 4 is 22.8 Å². The molecule has 0 saturated heterocycles. The van der Waals surface area contributed by atoms with Gasteiger partial charge in [0.25, 0.3) is 11.7 Å². The van der Waals surface area contributed by atoms with Crippen LogP contribution in [0.1, 0.15) is 13.8 Å². The highest BCUT2D eigenvalue weighted by Gasteiger charge is 2.23. The van der Waals surface area contributed by atoms with Gasteiger partial charge >= 0.3 is 0 Å². The minimum atomic E-state index is -0.460. The molecule has 0 aliphatic heterocycles. The molecule has 0 aliphatic rings. The van der Waals surface area contributed by atoms with Gasteiger partial charge in [-0.1, -0.05) is 19.9 Å². The van der Waals surface area contributed by atoms with E-state index in [1.54, 1.807) is 12.1 Å². The second-order valence-electron chi connectivity index (χ2n) is 5.60. The van der Waals surface area contributed by atoms with Crippen LogP contribution in [0.5, 0.6) is 0 Å². The number of nitrogens with two attached hydrogens (primary N) is 1. The van der Waals surface area contributed by atoms with Gasteiger partial charge in [-0.3, -0.25) is 10.1 Å². The maximum Gasteiger partial charge on any atom is 0.298 e. The van der Waals surface area contributed by atoms with Crippen LogP contribution in [0.3, 0.4) is 0 Å². The van der Waals surface area contributed by atoms with Gasteiger partial charge in [-0.05, 0) is 18.0 Å². The van der Waals surface area contributed by atoms with E-state index in [0.717, 1.165) is 0 Å². The van der Waals surface area contributed by atoms with E-state index in [1.165, 1.54) is 6.07 Å². The number of anilines is 1. The lowest BCUT2D eigenvalue weighted by molar-refractivity contribution is -0.383.